The van der Waals surface area contributed by atoms with Crippen LogP contribution in [0, 0.1) is 5.82 Å². The van der Waals surface area contributed by atoms with Crippen molar-refractivity contribution < 1.29 is 13.7 Å². The van der Waals surface area contributed by atoms with Gasteiger partial charge < -0.3 is 9.84 Å². The van der Waals surface area contributed by atoms with Gasteiger partial charge in [-0.25, -0.2) is 9.37 Å². The van der Waals surface area contributed by atoms with Crippen LogP contribution in [-0.2, 0) is 11.2 Å². The molecular weight excluding hydrogens is 355 g/mol. The third-order valence-electron chi connectivity index (χ3n) is 3.69. The van der Waals surface area contributed by atoms with Crippen LogP contribution in [0.3, 0.4) is 0 Å². The Kier molecular flexibility index (Phi) is 4.40. The van der Waals surface area contributed by atoms with Gasteiger partial charge in [0.25, 0.3) is 0 Å². The second-order valence-electron chi connectivity index (χ2n) is 5.53. The number of halogens is 1. The Morgan fingerprint density at radius 1 is 1.12 bits per heavy atom. The van der Waals surface area contributed by atoms with Gasteiger partial charge in [0.15, 0.2) is 5.13 Å². The van der Waals surface area contributed by atoms with Crippen molar-refractivity contribution in [3.05, 3.63) is 60.2 Å². The van der Waals surface area contributed by atoms with Crippen LogP contribution >= 0.6 is 11.3 Å². The highest BCUT2D eigenvalue weighted by atomic mass is 32.1. The summed E-state index contributed by atoms with van der Waals surface area (Å²) in [6, 6.07) is 13.9. The van der Waals surface area contributed by atoms with Crippen molar-refractivity contribution in [1.82, 2.24) is 15.1 Å². The fraction of sp³-hybridized carbons (Fsp3) is 0.111. The van der Waals surface area contributed by atoms with Crippen LogP contribution in [0.4, 0.5) is 9.52 Å². The lowest BCUT2D eigenvalue weighted by Gasteiger charge is -1.98. The summed E-state index contributed by atoms with van der Waals surface area (Å²) in [5.74, 6) is -0.171. The minimum atomic E-state index is -0.423. The summed E-state index contributed by atoms with van der Waals surface area (Å²) in [6.45, 7) is 0. The molecule has 0 saturated carbocycles. The highest BCUT2D eigenvalue weighted by Gasteiger charge is 2.14. The Balaban J connectivity index is 1.38. The number of rotatable bonds is 5. The predicted molar refractivity (Wildman–Crippen MR) is 96.3 cm³/mol. The summed E-state index contributed by atoms with van der Waals surface area (Å²) in [5.41, 5.74) is 1.11. The molecule has 130 valence electrons. The number of fused-ring (bicyclic) bond motifs is 1. The maximum atomic E-state index is 13.7. The third-order valence-corrected chi connectivity index (χ3v) is 4.64. The lowest BCUT2D eigenvalue weighted by molar-refractivity contribution is -0.116. The van der Waals surface area contributed by atoms with E-state index in [1.165, 1.54) is 17.4 Å². The topological polar surface area (TPSA) is 80.9 Å². The van der Waals surface area contributed by atoms with Crippen LogP contribution < -0.4 is 5.32 Å². The fourth-order valence-corrected chi connectivity index (χ4v) is 3.32. The first-order valence-electron chi connectivity index (χ1n) is 7.92. The number of aromatic nitrogens is 3. The second-order valence-corrected chi connectivity index (χ2v) is 6.56. The molecule has 0 aliphatic heterocycles. The van der Waals surface area contributed by atoms with E-state index in [2.05, 4.69) is 20.4 Å². The molecule has 2 heterocycles. The van der Waals surface area contributed by atoms with Crippen molar-refractivity contribution in [1.29, 1.82) is 0 Å². The van der Waals surface area contributed by atoms with E-state index >= 15 is 0 Å². The summed E-state index contributed by atoms with van der Waals surface area (Å²) >= 11 is 1.41. The predicted octanol–water partition coefficient (Wildman–Crippen LogP) is 4.06. The van der Waals surface area contributed by atoms with Gasteiger partial charge in [0.2, 0.25) is 17.6 Å². The molecule has 0 atom stereocenters. The van der Waals surface area contributed by atoms with E-state index in [4.69, 9.17) is 4.52 Å². The molecule has 0 bridgehead atoms. The van der Waals surface area contributed by atoms with Gasteiger partial charge in [0.1, 0.15) is 5.82 Å². The van der Waals surface area contributed by atoms with E-state index in [9.17, 15) is 9.18 Å². The smallest absolute Gasteiger partial charge is 0.227 e. The molecule has 0 aliphatic carbocycles. The van der Waals surface area contributed by atoms with E-state index in [1.807, 2.05) is 24.3 Å². The first-order valence-corrected chi connectivity index (χ1v) is 8.73. The second kappa shape index (κ2) is 7.01. The van der Waals surface area contributed by atoms with Gasteiger partial charge in [-0.05, 0) is 24.3 Å². The van der Waals surface area contributed by atoms with Gasteiger partial charge in [-0.15, -0.1) is 0 Å². The zero-order valence-corrected chi connectivity index (χ0v) is 14.3. The first kappa shape index (κ1) is 16.3. The minimum Gasteiger partial charge on any atom is -0.339 e. The largest absolute Gasteiger partial charge is 0.339 e. The van der Waals surface area contributed by atoms with E-state index in [-0.39, 0.29) is 36.0 Å². The third kappa shape index (κ3) is 3.45. The zero-order valence-electron chi connectivity index (χ0n) is 13.5. The number of amides is 1. The highest BCUT2D eigenvalue weighted by molar-refractivity contribution is 7.22. The lowest BCUT2D eigenvalue weighted by atomic mass is 10.2. The normalized spacial score (nSPS) is 11.0. The number of benzene rings is 2. The van der Waals surface area contributed by atoms with Crippen molar-refractivity contribution >= 4 is 32.6 Å². The monoisotopic (exact) mass is 368 g/mol. The number of thiazole rings is 1. The van der Waals surface area contributed by atoms with E-state index in [1.54, 1.807) is 18.2 Å². The molecule has 4 rings (SSSR count). The molecule has 2 aromatic carbocycles. The van der Waals surface area contributed by atoms with Crippen LogP contribution in [0.2, 0.25) is 0 Å². The molecule has 8 heteroatoms. The van der Waals surface area contributed by atoms with Gasteiger partial charge in [0.05, 0.1) is 15.8 Å². The quantitative estimate of drug-likeness (QED) is 0.575. The Morgan fingerprint density at radius 2 is 1.92 bits per heavy atom. The summed E-state index contributed by atoms with van der Waals surface area (Å²) < 4.78 is 19.8. The van der Waals surface area contributed by atoms with Crippen molar-refractivity contribution in [2.24, 2.45) is 0 Å². The molecular formula is C18H13FN4O2S. The van der Waals surface area contributed by atoms with Crippen molar-refractivity contribution in [3.63, 3.8) is 0 Å². The number of para-hydroxylation sites is 1. The van der Waals surface area contributed by atoms with Crippen molar-refractivity contribution in [2.45, 2.75) is 12.8 Å². The molecule has 6 nitrogen and oxygen atoms in total. The van der Waals surface area contributed by atoms with Crippen LogP contribution in [0.25, 0.3) is 21.6 Å². The van der Waals surface area contributed by atoms with Crippen LogP contribution in [0.15, 0.2) is 53.1 Å². The summed E-state index contributed by atoms with van der Waals surface area (Å²) in [5, 5.41) is 7.09. The van der Waals surface area contributed by atoms with E-state index in [0.717, 1.165) is 10.2 Å². The number of nitrogens with zero attached hydrogens (tertiary/aromatic N) is 3. The molecule has 0 radical (unpaired) electrons. The molecule has 0 unspecified atom stereocenters. The number of anilines is 1. The fourth-order valence-electron chi connectivity index (χ4n) is 2.44. The van der Waals surface area contributed by atoms with Gasteiger partial charge >= 0.3 is 0 Å². The maximum absolute atomic E-state index is 13.7. The average Bonchev–Trinajstić information content (AvgIpc) is 3.26. The molecule has 0 saturated heterocycles. The lowest BCUT2D eigenvalue weighted by Crippen LogP contribution is -2.12. The first-order chi connectivity index (χ1) is 12.7. The van der Waals surface area contributed by atoms with Crippen LogP contribution in [0.1, 0.15) is 12.3 Å². The van der Waals surface area contributed by atoms with Gasteiger partial charge in [-0.3, -0.25) is 4.79 Å². The van der Waals surface area contributed by atoms with E-state index in [0.29, 0.717) is 5.13 Å². The molecule has 4 aromatic rings. The highest BCUT2D eigenvalue weighted by Crippen LogP contribution is 2.25. The Bertz CT molecular complexity index is 1040. The standard InChI is InChI=1S/C18H13FN4O2S/c19-12-6-2-1-5-11(12)17-22-16(25-23-17)10-9-15(24)21-18-20-13-7-3-4-8-14(13)26-18/h1-8H,9-10H2,(H,20,21,24). The van der Waals surface area contributed by atoms with Crippen molar-refractivity contribution in [3.8, 4) is 11.4 Å². The zero-order chi connectivity index (χ0) is 17.9. The minimum absolute atomic E-state index is 0.162. The van der Waals surface area contributed by atoms with Gasteiger partial charge in [-0.2, -0.15) is 4.98 Å². The van der Waals surface area contributed by atoms with Crippen molar-refractivity contribution in [2.75, 3.05) is 5.32 Å². The van der Waals surface area contributed by atoms with Crippen LogP contribution in [-0.4, -0.2) is 21.0 Å². The number of carbonyl (C=O) groups is 1. The average molecular weight is 368 g/mol. The number of aryl methyl sites for hydroxylation is 1. The molecule has 1 N–H and O–H groups in total. The Hall–Kier alpha value is -3.13. The Morgan fingerprint density at radius 3 is 2.77 bits per heavy atom. The molecule has 0 fully saturated rings. The molecule has 26 heavy (non-hydrogen) atoms. The number of carbonyl (C=O) groups excluding carboxylic acids is 1. The van der Waals surface area contributed by atoms with Crippen LogP contribution in [0.5, 0.6) is 0 Å². The molecule has 0 aliphatic rings. The molecule has 0 spiro atoms. The SMILES string of the molecule is O=C(CCc1nc(-c2ccccc2F)no1)Nc1nc2ccccc2s1. The summed E-state index contributed by atoms with van der Waals surface area (Å²) in [4.78, 5) is 20.6. The number of nitrogens with one attached hydrogen (secondary N) is 1. The molecule has 2 aromatic heterocycles. The van der Waals surface area contributed by atoms with Gasteiger partial charge in [-0.1, -0.05) is 40.8 Å². The number of hydrogen-bond acceptors (Lipinski definition) is 6. The maximum Gasteiger partial charge on any atom is 0.227 e. The summed E-state index contributed by atoms with van der Waals surface area (Å²) in [6.07, 6.45) is 0.424. The van der Waals surface area contributed by atoms with E-state index < -0.39 is 5.82 Å². The molecule has 1 amide bonds. The summed E-state index contributed by atoms with van der Waals surface area (Å²) in [7, 11) is 0. The Labute approximate surface area is 151 Å². The van der Waals surface area contributed by atoms with Gasteiger partial charge in [0, 0.05) is 12.8 Å². The number of hydrogen-bond donors (Lipinski definition) is 1.